The van der Waals surface area contributed by atoms with E-state index < -0.39 is 16.6 Å². The molecule has 3 unspecified atom stereocenters. The smallest absolute Gasteiger partial charge is 0.192 e. The number of hydrogen-bond acceptors (Lipinski definition) is 5. The quantitative estimate of drug-likeness (QED) is 0.108. The molecule has 0 aromatic heterocycles. The van der Waals surface area contributed by atoms with Gasteiger partial charge < -0.3 is 23.1 Å². The van der Waals surface area contributed by atoms with Crippen molar-refractivity contribution in [3.05, 3.63) is 23.3 Å². The summed E-state index contributed by atoms with van der Waals surface area (Å²) in [5.41, 5.74) is 3.18. The highest BCUT2D eigenvalue weighted by atomic mass is 28.4. The van der Waals surface area contributed by atoms with Gasteiger partial charge in [-0.3, -0.25) is 0 Å². The molecule has 5 nitrogen and oxygen atoms in total. The fraction of sp³-hybridized carbons (Fsp3) is 0.902. The number of allylic oxidation sites excluding steroid dienone is 3. The maximum atomic E-state index is 7.25. The molecule has 1 aliphatic heterocycles. The normalized spacial score (nSPS) is 33.3. The molecule has 0 bridgehead atoms. The summed E-state index contributed by atoms with van der Waals surface area (Å²) in [6.07, 6.45) is 17.3. The largest absolute Gasteiger partial charge is 0.410 e. The average Bonchev–Trinajstić information content (AvgIpc) is 3.66. The van der Waals surface area contributed by atoms with E-state index in [-0.39, 0.29) is 33.5 Å². The third kappa shape index (κ3) is 8.83. The fourth-order valence-electron chi connectivity index (χ4n) is 8.83. The summed E-state index contributed by atoms with van der Waals surface area (Å²) in [6, 6.07) is 0. The van der Waals surface area contributed by atoms with Gasteiger partial charge in [0.2, 0.25) is 0 Å². The van der Waals surface area contributed by atoms with E-state index in [0.717, 1.165) is 37.7 Å². The molecule has 6 atom stereocenters. The Morgan fingerprint density at radius 3 is 1.96 bits per heavy atom. The highest BCUT2D eigenvalue weighted by Crippen LogP contribution is 2.60. The van der Waals surface area contributed by atoms with Gasteiger partial charge in [0.25, 0.3) is 0 Å². The molecular formula is C41H76O5Si2. The van der Waals surface area contributed by atoms with Crippen LogP contribution in [0.3, 0.4) is 0 Å². The summed E-state index contributed by atoms with van der Waals surface area (Å²) in [6.45, 7) is 34.4. The van der Waals surface area contributed by atoms with E-state index in [9.17, 15) is 0 Å². The molecule has 1 heterocycles. The maximum absolute atomic E-state index is 7.25. The average molecular weight is 705 g/mol. The topological polar surface area (TPSA) is 49.5 Å². The highest BCUT2D eigenvalue weighted by molar-refractivity contribution is 6.74. The molecule has 0 aromatic rings. The molecule has 0 radical (unpaired) electrons. The van der Waals surface area contributed by atoms with E-state index in [0.29, 0.717) is 18.1 Å². The highest BCUT2D eigenvalue weighted by Gasteiger charge is 2.63. The molecule has 3 aliphatic carbocycles. The zero-order valence-electron chi connectivity index (χ0n) is 34.1. The summed E-state index contributed by atoms with van der Waals surface area (Å²) >= 11 is 0. The van der Waals surface area contributed by atoms with Gasteiger partial charge in [-0.15, -0.1) is 0 Å². The van der Waals surface area contributed by atoms with E-state index in [1.165, 1.54) is 50.5 Å². The fourth-order valence-corrected chi connectivity index (χ4v) is 11.5. The van der Waals surface area contributed by atoms with Crippen molar-refractivity contribution in [2.24, 2.45) is 23.2 Å². The van der Waals surface area contributed by atoms with Gasteiger partial charge in [0.05, 0.1) is 24.4 Å². The summed E-state index contributed by atoms with van der Waals surface area (Å²) in [7, 11) is -2.30. The van der Waals surface area contributed by atoms with Crippen LogP contribution >= 0.6 is 0 Å². The Labute approximate surface area is 299 Å². The van der Waals surface area contributed by atoms with E-state index >= 15 is 0 Å². The van der Waals surface area contributed by atoms with Crippen molar-refractivity contribution in [2.75, 3.05) is 20.5 Å². The number of hydrogen-bond donors (Lipinski definition) is 0. The zero-order chi connectivity index (χ0) is 36.0. The predicted molar refractivity (Wildman–Crippen MR) is 206 cm³/mol. The summed E-state index contributed by atoms with van der Waals surface area (Å²) in [5, 5.41) is 0.303. The minimum Gasteiger partial charge on any atom is -0.410 e. The lowest BCUT2D eigenvalue weighted by Crippen LogP contribution is -2.57. The van der Waals surface area contributed by atoms with Gasteiger partial charge in [-0.1, -0.05) is 91.5 Å². The molecule has 278 valence electrons. The number of methoxy groups -OCH3 is 1. The number of epoxide rings is 1. The van der Waals surface area contributed by atoms with Crippen LogP contribution in [-0.4, -0.2) is 60.6 Å². The first-order valence-corrected chi connectivity index (χ1v) is 25.3. The van der Waals surface area contributed by atoms with Crippen LogP contribution in [-0.2, 0) is 23.1 Å². The molecule has 7 heteroatoms. The SMILES string of the molecule is COCOC(C)(C)CCC[C@@H](C)C1CCC2/C(=C/C=C3C[C@@H](O[Si](C)(C)C(C)(C)C)C4(CO4)[C@H](O[Si](C)(C)C(C)(C)C)C3)CCCC21C. The Morgan fingerprint density at radius 1 is 0.896 bits per heavy atom. The molecule has 1 saturated heterocycles. The first-order chi connectivity index (χ1) is 22.0. The van der Waals surface area contributed by atoms with E-state index in [1.54, 1.807) is 12.7 Å². The van der Waals surface area contributed by atoms with Gasteiger partial charge in [-0.05, 0) is 125 Å². The van der Waals surface area contributed by atoms with Crippen LogP contribution in [0.1, 0.15) is 133 Å². The molecule has 0 aromatic carbocycles. The third-order valence-corrected chi connectivity index (χ3v) is 23.2. The van der Waals surface area contributed by atoms with Crippen LogP contribution in [0.25, 0.3) is 0 Å². The molecule has 4 aliphatic rings. The van der Waals surface area contributed by atoms with Crippen LogP contribution in [0.2, 0.25) is 36.3 Å². The lowest BCUT2D eigenvalue weighted by Gasteiger charge is -2.48. The lowest BCUT2D eigenvalue weighted by atomic mass is 9.60. The lowest BCUT2D eigenvalue weighted by molar-refractivity contribution is -0.118. The molecule has 48 heavy (non-hydrogen) atoms. The molecule has 4 rings (SSSR count). The molecule has 4 fully saturated rings. The van der Waals surface area contributed by atoms with Crippen molar-refractivity contribution in [2.45, 2.75) is 193 Å². The van der Waals surface area contributed by atoms with Gasteiger partial charge >= 0.3 is 0 Å². The second-order valence-corrected chi connectivity index (χ2v) is 29.7. The Kier molecular flexibility index (Phi) is 12.3. The zero-order valence-corrected chi connectivity index (χ0v) is 36.1. The first-order valence-electron chi connectivity index (χ1n) is 19.5. The molecule has 1 spiro atoms. The first kappa shape index (κ1) is 40.5. The van der Waals surface area contributed by atoms with Crippen LogP contribution in [0, 0.1) is 23.2 Å². The van der Waals surface area contributed by atoms with Crippen molar-refractivity contribution in [1.29, 1.82) is 0 Å². The second kappa shape index (κ2) is 14.6. The summed E-state index contributed by atoms with van der Waals surface area (Å²) in [4.78, 5) is 0. The van der Waals surface area contributed by atoms with Gasteiger partial charge in [0.1, 0.15) is 12.4 Å². The van der Waals surface area contributed by atoms with Gasteiger partial charge in [0.15, 0.2) is 16.6 Å². The van der Waals surface area contributed by atoms with Crippen molar-refractivity contribution >= 4 is 16.6 Å². The van der Waals surface area contributed by atoms with Crippen molar-refractivity contribution in [1.82, 2.24) is 0 Å². The van der Waals surface area contributed by atoms with Crippen LogP contribution in [0.15, 0.2) is 23.3 Å². The van der Waals surface area contributed by atoms with E-state index in [2.05, 4.69) is 108 Å². The number of ether oxygens (including phenoxy) is 3. The minimum absolute atomic E-state index is 0.0600. The Hall–Kier alpha value is -0.286. The van der Waals surface area contributed by atoms with Gasteiger partial charge in [-0.2, -0.15) is 0 Å². The standard InChI is InChI=1S/C41H76O5Si2/c1-30(18-16-24-39(8,9)44-29-42-11)33-22-23-34-32(19-17-25-40(33,34)10)21-20-31-26-35(45-47(12,13)37(2,3)4)41(28-43-41)36(27-31)46-48(14,15)38(5,6)7/h20-21,30,33-36H,16-19,22-29H2,1-15H3/b31-20?,32-21+/t30-,33?,34?,35-,36-,40?,41?/m1/s1. The van der Waals surface area contributed by atoms with E-state index in [4.69, 9.17) is 23.1 Å². The number of rotatable bonds is 13. The number of fused-ring (bicyclic) bond motifs is 1. The molecule has 0 N–H and O–H groups in total. The summed E-state index contributed by atoms with van der Waals surface area (Å²) in [5.74, 6) is 2.25. The van der Waals surface area contributed by atoms with Gasteiger partial charge in [0, 0.05) is 7.11 Å². The van der Waals surface area contributed by atoms with Crippen molar-refractivity contribution in [3.8, 4) is 0 Å². The van der Waals surface area contributed by atoms with Gasteiger partial charge in [-0.25, -0.2) is 0 Å². The van der Waals surface area contributed by atoms with E-state index in [1.807, 2.05) is 0 Å². The van der Waals surface area contributed by atoms with Crippen LogP contribution in [0.5, 0.6) is 0 Å². The second-order valence-electron chi connectivity index (χ2n) is 20.2. The third-order valence-electron chi connectivity index (χ3n) is 14.2. The molecule has 0 amide bonds. The van der Waals surface area contributed by atoms with Crippen LogP contribution in [0.4, 0.5) is 0 Å². The van der Waals surface area contributed by atoms with Crippen molar-refractivity contribution < 1.29 is 23.1 Å². The van der Waals surface area contributed by atoms with Crippen LogP contribution < -0.4 is 0 Å². The Balaban J connectivity index is 1.53. The maximum Gasteiger partial charge on any atom is 0.192 e. The molecule has 3 saturated carbocycles. The minimum atomic E-state index is -2.00. The molecular weight excluding hydrogens is 629 g/mol. The Bertz CT molecular complexity index is 1110. The summed E-state index contributed by atoms with van der Waals surface area (Å²) < 4.78 is 32.0. The Morgan fingerprint density at radius 2 is 1.46 bits per heavy atom. The van der Waals surface area contributed by atoms with Crippen molar-refractivity contribution in [3.63, 3.8) is 0 Å². The predicted octanol–water partition coefficient (Wildman–Crippen LogP) is 11.6. The monoisotopic (exact) mass is 705 g/mol.